The second-order valence-electron chi connectivity index (χ2n) is 7.75. The molecule has 7 nitrogen and oxygen atoms in total. The topological polar surface area (TPSA) is 92.9 Å². The van der Waals surface area contributed by atoms with Crippen LogP contribution >= 0.6 is 0 Å². The van der Waals surface area contributed by atoms with Gasteiger partial charge in [0.25, 0.3) is 5.78 Å². The van der Waals surface area contributed by atoms with Crippen molar-refractivity contribution in [1.29, 1.82) is 0 Å². The Labute approximate surface area is 185 Å². The minimum absolute atomic E-state index is 0.00727. The quantitative estimate of drug-likeness (QED) is 0.345. The summed E-state index contributed by atoms with van der Waals surface area (Å²) in [5.41, 5.74) is 2.07. The normalized spacial score (nSPS) is 17.7. The van der Waals surface area contributed by atoms with Gasteiger partial charge in [-0.15, -0.1) is 0 Å². The zero-order chi connectivity index (χ0) is 22.8. The van der Waals surface area contributed by atoms with E-state index in [2.05, 4.69) is 5.16 Å². The molecule has 3 aromatic rings. The number of hydrogen-bond donors (Lipinski definition) is 1. The van der Waals surface area contributed by atoms with E-state index in [9.17, 15) is 14.7 Å². The number of aryl methyl sites for hydroxylation is 2. The number of aromatic nitrogens is 1. The lowest BCUT2D eigenvalue weighted by Gasteiger charge is -2.23. The van der Waals surface area contributed by atoms with Crippen LogP contribution in [-0.2, 0) is 9.59 Å². The van der Waals surface area contributed by atoms with Gasteiger partial charge in [-0.05, 0) is 38.0 Å². The number of nitrogens with zero attached hydrogens (tertiary/aromatic N) is 2. The Hall–Kier alpha value is -3.87. The maximum Gasteiger partial charge on any atom is 0.301 e. The zero-order valence-electron chi connectivity index (χ0n) is 18.2. The van der Waals surface area contributed by atoms with Gasteiger partial charge in [-0.25, -0.2) is 0 Å². The summed E-state index contributed by atoms with van der Waals surface area (Å²) in [4.78, 5) is 27.5. The smallest absolute Gasteiger partial charge is 0.301 e. The number of aliphatic hydroxyl groups is 1. The Morgan fingerprint density at radius 1 is 1.12 bits per heavy atom. The van der Waals surface area contributed by atoms with E-state index in [1.165, 1.54) is 4.90 Å². The molecule has 32 heavy (non-hydrogen) atoms. The molecule has 0 bridgehead atoms. The highest BCUT2D eigenvalue weighted by Gasteiger charge is 2.48. The number of benzene rings is 2. The Morgan fingerprint density at radius 2 is 1.88 bits per heavy atom. The van der Waals surface area contributed by atoms with E-state index < -0.39 is 17.7 Å². The summed E-state index contributed by atoms with van der Waals surface area (Å²) in [5.74, 6) is -0.486. The molecule has 1 saturated heterocycles. The molecule has 7 heteroatoms. The van der Waals surface area contributed by atoms with E-state index in [4.69, 9.17) is 9.26 Å². The van der Waals surface area contributed by atoms with Crippen molar-refractivity contribution in [3.63, 3.8) is 0 Å². The first-order valence-corrected chi connectivity index (χ1v) is 10.4. The minimum Gasteiger partial charge on any atom is -0.507 e. The molecule has 0 radical (unpaired) electrons. The molecule has 1 aromatic heterocycles. The number of rotatable bonds is 6. The van der Waals surface area contributed by atoms with Crippen molar-refractivity contribution in [2.45, 2.75) is 33.2 Å². The number of amides is 1. The number of Topliss-reactive ketones (excluding diaryl/α,β-unsaturated/α-hetero) is 1. The second kappa shape index (κ2) is 8.70. The van der Waals surface area contributed by atoms with Crippen LogP contribution in [0.5, 0.6) is 5.75 Å². The average molecular weight is 432 g/mol. The third kappa shape index (κ3) is 3.89. The standard InChI is InChI=1S/C25H24N2O5/c1-4-12-31-19-7-5-6-18(14-19)22-21(23(28)17-10-8-15(2)9-11-17)24(29)25(30)27(22)20-13-16(3)32-26-20/h5-11,13-14,22,28H,4,12H2,1-3H3/b23-21+/t22-/m1/s1. The molecule has 164 valence electrons. The zero-order valence-corrected chi connectivity index (χ0v) is 18.2. The average Bonchev–Trinajstić information content (AvgIpc) is 3.33. The number of carbonyl (C=O) groups excluding carboxylic acids is 2. The number of carbonyl (C=O) groups is 2. The molecule has 2 aromatic carbocycles. The van der Waals surface area contributed by atoms with Crippen molar-refractivity contribution in [3.05, 3.63) is 82.6 Å². The predicted octanol–water partition coefficient (Wildman–Crippen LogP) is 4.71. The highest BCUT2D eigenvalue weighted by Crippen LogP contribution is 2.42. The highest BCUT2D eigenvalue weighted by molar-refractivity contribution is 6.51. The number of ketones is 1. The van der Waals surface area contributed by atoms with Crippen molar-refractivity contribution in [1.82, 2.24) is 5.16 Å². The Morgan fingerprint density at radius 3 is 2.53 bits per heavy atom. The van der Waals surface area contributed by atoms with Crippen LogP contribution in [0.4, 0.5) is 5.82 Å². The molecule has 0 aliphatic carbocycles. The second-order valence-corrected chi connectivity index (χ2v) is 7.75. The summed E-state index contributed by atoms with van der Waals surface area (Å²) in [7, 11) is 0. The van der Waals surface area contributed by atoms with Crippen LogP contribution < -0.4 is 9.64 Å². The Balaban J connectivity index is 1.90. The van der Waals surface area contributed by atoms with Crippen LogP contribution in [0.3, 0.4) is 0 Å². The molecular weight excluding hydrogens is 408 g/mol. The summed E-state index contributed by atoms with van der Waals surface area (Å²) < 4.78 is 10.9. The van der Waals surface area contributed by atoms with Crippen LogP contribution in [0.2, 0.25) is 0 Å². The van der Waals surface area contributed by atoms with Gasteiger partial charge in [-0.2, -0.15) is 0 Å². The molecule has 1 fully saturated rings. The van der Waals surface area contributed by atoms with Gasteiger partial charge in [0.05, 0.1) is 18.2 Å². The van der Waals surface area contributed by atoms with E-state index in [1.54, 1.807) is 43.3 Å². The van der Waals surface area contributed by atoms with Crippen molar-refractivity contribution in [2.24, 2.45) is 0 Å². The fraction of sp³-hybridized carbons (Fsp3) is 0.240. The molecule has 4 rings (SSSR count). The molecule has 0 spiro atoms. The maximum absolute atomic E-state index is 13.1. The van der Waals surface area contributed by atoms with Gasteiger partial charge in [-0.1, -0.05) is 54.0 Å². The first-order chi connectivity index (χ1) is 15.4. The van der Waals surface area contributed by atoms with Gasteiger partial charge < -0.3 is 14.4 Å². The summed E-state index contributed by atoms with van der Waals surface area (Å²) in [6.07, 6.45) is 0.842. The van der Waals surface area contributed by atoms with Gasteiger partial charge >= 0.3 is 5.91 Å². The van der Waals surface area contributed by atoms with Gasteiger partial charge in [-0.3, -0.25) is 14.5 Å². The fourth-order valence-corrected chi connectivity index (χ4v) is 3.71. The molecule has 1 aliphatic heterocycles. The van der Waals surface area contributed by atoms with Crippen LogP contribution in [0.25, 0.3) is 5.76 Å². The molecular formula is C25H24N2O5. The van der Waals surface area contributed by atoms with E-state index in [0.717, 1.165) is 12.0 Å². The van der Waals surface area contributed by atoms with E-state index in [1.807, 2.05) is 32.0 Å². The third-order valence-electron chi connectivity index (χ3n) is 5.28. The molecule has 2 heterocycles. The molecule has 1 atom stereocenters. The summed E-state index contributed by atoms with van der Waals surface area (Å²) in [6, 6.07) is 15.0. The van der Waals surface area contributed by atoms with Gasteiger partial charge in [0, 0.05) is 11.6 Å². The third-order valence-corrected chi connectivity index (χ3v) is 5.28. The number of anilines is 1. The summed E-state index contributed by atoms with van der Waals surface area (Å²) in [6.45, 7) is 6.17. The maximum atomic E-state index is 13.1. The van der Waals surface area contributed by atoms with Crippen LogP contribution in [0.15, 0.2) is 64.7 Å². The fourth-order valence-electron chi connectivity index (χ4n) is 3.71. The Bertz CT molecular complexity index is 1190. The van der Waals surface area contributed by atoms with Gasteiger partial charge in [0.15, 0.2) is 5.82 Å². The lowest BCUT2D eigenvalue weighted by molar-refractivity contribution is -0.132. The SMILES string of the molecule is CCCOc1cccc([C@@H]2/C(=C(\O)c3ccc(C)cc3)C(=O)C(=O)N2c2cc(C)on2)c1. The summed E-state index contributed by atoms with van der Waals surface area (Å²) >= 11 is 0. The number of ether oxygens (including phenoxy) is 1. The first-order valence-electron chi connectivity index (χ1n) is 10.4. The van der Waals surface area contributed by atoms with Crippen LogP contribution in [0, 0.1) is 13.8 Å². The minimum atomic E-state index is -0.883. The van der Waals surface area contributed by atoms with Crippen LogP contribution in [-0.4, -0.2) is 28.6 Å². The lowest BCUT2D eigenvalue weighted by atomic mass is 9.95. The molecule has 0 saturated carbocycles. The largest absolute Gasteiger partial charge is 0.507 e. The van der Waals surface area contributed by atoms with Crippen molar-refractivity contribution >= 4 is 23.3 Å². The highest BCUT2D eigenvalue weighted by atomic mass is 16.5. The monoisotopic (exact) mass is 432 g/mol. The van der Waals surface area contributed by atoms with Crippen molar-refractivity contribution in [3.8, 4) is 5.75 Å². The summed E-state index contributed by atoms with van der Waals surface area (Å²) in [5, 5.41) is 15.1. The molecule has 1 N–H and O–H groups in total. The van der Waals surface area contributed by atoms with E-state index >= 15 is 0 Å². The molecule has 1 aliphatic rings. The van der Waals surface area contributed by atoms with Crippen molar-refractivity contribution < 1.29 is 24.0 Å². The Kier molecular flexibility index (Phi) is 5.81. The molecule has 1 amide bonds. The first kappa shape index (κ1) is 21.4. The van der Waals surface area contributed by atoms with Gasteiger partial charge in [0.1, 0.15) is 17.3 Å². The molecule has 0 unspecified atom stereocenters. The number of aliphatic hydroxyl groups excluding tert-OH is 1. The number of hydrogen-bond acceptors (Lipinski definition) is 6. The van der Waals surface area contributed by atoms with Gasteiger partial charge in [0.2, 0.25) is 0 Å². The van der Waals surface area contributed by atoms with Crippen molar-refractivity contribution in [2.75, 3.05) is 11.5 Å². The predicted molar refractivity (Wildman–Crippen MR) is 119 cm³/mol. The van der Waals surface area contributed by atoms with E-state index in [-0.39, 0.29) is 17.2 Å². The lowest BCUT2D eigenvalue weighted by Crippen LogP contribution is -2.29. The van der Waals surface area contributed by atoms with E-state index in [0.29, 0.717) is 29.2 Å². The van der Waals surface area contributed by atoms with Crippen LogP contribution in [0.1, 0.15) is 41.8 Å².